The lowest BCUT2D eigenvalue weighted by Crippen LogP contribution is -2.55. The van der Waals surface area contributed by atoms with E-state index in [1.807, 2.05) is 44.2 Å². The Balaban J connectivity index is 0.00000203. The summed E-state index contributed by atoms with van der Waals surface area (Å²) in [5.74, 6) is -2.60. The third-order valence-electron chi connectivity index (χ3n) is 10.2. The van der Waals surface area contributed by atoms with Crippen LogP contribution in [0, 0.1) is 23.7 Å². The van der Waals surface area contributed by atoms with E-state index in [1.54, 1.807) is 27.0 Å². The molecule has 1 aromatic heterocycles. The number of aromatic amines is 1. The SMILES string of the molecule is CCCCNC(=O)[C@H](C[C@H](O)[C@H](CC1CCCCC1)NC(=O)[C@H](Cc1cnc[nH]1)NC(=O)[C@H](Cc1ccccc1)CS(=O)(=O)C(C)(C)C)C(C)C.CS(=O)(=O)O. The molecule has 1 aliphatic carbocycles. The maximum atomic E-state index is 14.2. The van der Waals surface area contributed by atoms with E-state index in [0.717, 1.165) is 50.5 Å². The topological polar surface area (TPSA) is 225 Å². The fraction of sp³-hybridized carbons (Fsp3) is 0.700. The maximum absolute atomic E-state index is 14.2. The quantitative estimate of drug-likeness (QED) is 0.0815. The monoisotopic (exact) mass is 825 g/mol. The summed E-state index contributed by atoms with van der Waals surface area (Å²) in [4.78, 5) is 48.6. The molecule has 0 spiro atoms. The van der Waals surface area contributed by atoms with Gasteiger partial charge in [-0.25, -0.2) is 13.4 Å². The summed E-state index contributed by atoms with van der Waals surface area (Å²) in [6, 6.07) is 7.52. The minimum absolute atomic E-state index is 0.0225. The van der Waals surface area contributed by atoms with Gasteiger partial charge in [0.05, 0.1) is 41.1 Å². The molecule has 0 aliphatic heterocycles. The number of nitrogens with one attached hydrogen (secondary N) is 4. The first-order chi connectivity index (χ1) is 26.1. The molecule has 0 radical (unpaired) electrons. The normalized spacial score (nSPS) is 16.8. The van der Waals surface area contributed by atoms with E-state index < -0.39 is 66.5 Å². The van der Waals surface area contributed by atoms with Crippen molar-refractivity contribution in [2.24, 2.45) is 23.7 Å². The minimum atomic E-state index is -3.69. The molecular formula is C40H67N5O9S2. The Hall–Kier alpha value is -3.34. The lowest BCUT2D eigenvalue weighted by Gasteiger charge is -2.33. The van der Waals surface area contributed by atoms with Crippen molar-refractivity contribution < 1.29 is 40.9 Å². The molecule has 1 aliphatic rings. The van der Waals surface area contributed by atoms with Gasteiger partial charge >= 0.3 is 0 Å². The molecule has 2 aromatic rings. The first kappa shape index (κ1) is 48.8. The second-order valence-electron chi connectivity index (χ2n) is 16.5. The van der Waals surface area contributed by atoms with Crippen molar-refractivity contribution in [1.82, 2.24) is 25.9 Å². The van der Waals surface area contributed by atoms with E-state index >= 15 is 0 Å². The number of unbranched alkanes of at least 4 members (excludes halogenated alkanes) is 1. The predicted octanol–water partition coefficient (Wildman–Crippen LogP) is 4.41. The number of hydrogen-bond donors (Lipinski definition) is 6. The first-order valence-corrected chi connectivity index (χ1v) is 23.3. The maximum Gasteiger partial charge on any atom is 0.261 e. The minimum Gasteiger partial charge on any atom is -0.391 e. The number of imidazole rings is 1. The number of nitrogens with zero attached hydrogens (tertiary/aromatic N) is 1. The number of benzene rings is 1. The van der Waals surface area contributed by atoms with Gasteiger partial charge in [-0.15, -0.1) is 0 Å². The number of hydrogen-bond acceptors (Lipinski definition) is 9. The van der Waals surface area contributed by atoms with Gasteiger partial charge in [0.25, 0.3) is 10.1 Å². The molecule has 1 saturated carbocycles. The van der Waals surface area contributed by atoms with Crippen LogP contribution in [0.3, 0.4) is 0 Å². The molecule has 1 heterocycles. The molecular weight excluding hydrogens is 759 g/mol. The van der Waals surface area contributed by atoms with E-state index in [4.69, 9.17) is 4.55 Å². The molecule has 318 valence electrons. The molecule has 0 unspecified atom stereocenters. The molecule has 0 bridgehead atoms. The number of carbonyl (C=O) groups excluding carboxylic acids is 3. The average Bonchev–Trinajstić information content (AvgIpc) is 3.62. The van der Waals surface area contributed by atoms with E-state index in [0.29, 0.717) is 30.8 Å². The van der Waals surface area contributed by atoms with Crippen LogP contribution >= 0.6 is 0 Å². The summed E-state index contributed by atoms with van der Waals surface area (Å²) in [7, 11) is -7.36. The number of aromatic nitrogens is 2. The molecule has 16 heteroatoms. The zero-order valence-electron chi connectivity index (χ0n) is 34.3. The van der Waals surface area contributed by atoms with Crippen LogP contribution < -0.4 is 16.0 Å². The highest BCUT2D eigenvalue weighted by atomic mass is 32.2. The van der Waals surface area contributed by atoms with Crippen LogP contribution in [-0.2, 0) is 47.2 Å². The van der Waals surface area contributed by atoms with Crippen LogP contribution in [0.5, 0.6) is 0 Å². The Labute approximate surface area is 334 Å². The number of aliphatic hydroxyl groups is 1. The van der Waals surface area contributed by atoms with Gasteiger partial charge in [-0.1, -0.05) is 89.6 Å². The molecule has 5 atom stereocenters. The van der Waals surface area contributed by atoms with Gasteiger partial charge in [0, 0.05) is 30.8 Å². The number of sulfone groups is 1. The summed E-state index contributed by atoms with van der Waals surface area (Å²) in [5, 5.41) is 20.7. The van der Waals surface area contributed by atoms with E-state index in [2.05, 4.69) is 32.8 Å². The summed E-state index contributed by atoms with van der Waals surface area (Å²) in [5.41, 5.74) is 1.43. The molecule has 0 saturated heterocycles. The molecule has 3 rings (SSSR count). The second-order valence-corrected chi connectivity index (χ2v) is 20.8. The van der Waals surface area contributed by atoms with Gasteiger partial charge in [-0.05, 0) is 63.9 Å². The zero-order valence-corrected chi connectivity index (χ0v) is 35.9. The van der Waals surface area contributed by atoms with Gasteiger partial charge in [0.15, 0.2) is 9.84 Å². The van der Waals surface area contributed by atoms with Crippen LogP contribution in [0.4, 0.5) is 0 Å². The van der Waals surface area contributed by atoms with Gasteiger partial charge in [0.1, 0.15) is 6.04 Å². The van der Waals surface area contributed by atoms with Gasteiger partial charge in [0.2, 0.25) is 17.7 Å². The van der Waals surface area contributed by atoms with E-state index in [-0.39, 0.29) is 36.8 Å². The second kappa shape index (κ2) is 23.2. The lowest BCUT2D eigenvalue weighted by molar-refractivity contribution is -0.132. The molecule has 1 aromatic carbocycles. The van der Waals surface area contributed by atoms with Crippen molar-refractivity contribution in [3.8, 4) is 0 Å². The van der Waals surface area contributed by atoms with Gasteiger partial charge < -0.3 is 26.0 Å². The summed E-state index contributed by atoms with van der Waals surface area (Å²) < 4.78 is 51.5. The third-order valence-corrected chi connectivity index (χ3v) is 12.9. The Bertz CT molecular complexity index is 1680. The number of H-pyrrole nitrogens is 1. The Kier molecular flexibility index (Phi) is 20.2. The Morgan fingerprint density at radius 1 is 0.946 bits per heavy atom. The van der Waals surface area contributed by atoms with Crippen molar-refractivity contribution >= 4 is 37.7 Å². The fourth-order valence-corrected chi connectivity index (χ4v) is 8.06. The summed E-state index contributed by atoms with van der Waals surface area (Å²) >= 11 is 0. The number of aliphatic hydroxyl groups excluding tert-OH is 1. The number of rotatable bonds is 20. The summed E-state index contributed by atoms with van der Waals surface area (Å²) in [6.45, 7) is 11.4. The highest BCUT2D eigenvalue weighted by Gasteiger charge is 2.37. The predicted molar refractivity (Wildman–Crippen MR) is 219 cm³/mol. The van der Waals surface area contributed by atoms with Crippen molar-refractivity contribution in [3.63, 3.8) is 0 Å². The highest BCUT2D eigenvalue weighted by Crippen LogP contribution is 2.30. The summed E-state index contributed by atoms with van der Waals surface area (Å²) in [6.07, 6.45) is 11.0. The van der Waals surface area contributed by atoms with Crippen molar-refractivity contribution in [1.29, 1.82) is 0 Å². The van der Waals surface area contributed by atoms with Gasteiger partial charge in [-0.2, -0.15) is 8.42 Å². The van der Waals surface area contributed by atoms with Crippen molar-refractivity contribution in [2.45, 2.75) is 135 Å². The molecule has 6 N–H and O–H groups in total. The highest BCUT2D eigenvalue weighted by molar-refractivity contribution is 7.92. The molecule has 56 heavy (non-hydrogen) atoms. The van der Waals surface area contributed by atoms with Crippen LogP contribution in [0.25, 0.3) is 0 Å². The molecule has 1 fully saturated rings. The smallest absolute Gasteiger partial charge is 0.261 e. The van der Waals surface area contributed by atoms with E-state index in [1.165, 1.54) is 6.33 Å². The molecule has 3 amide bonds. The standard InChI is InChI=1S/C39H63N5O6S.CH4O3S/c1-7-8-19-41-37(47)32(27(2)3)23-35(45)33(21-29-17-13-10-14-18-29)43-38(48)34(22-31-24-40-26-42-31)44-36(46)30(20-28-15-11-9-12-16-28)25-51(49,50)39(4,5)6;1-5(2,3)4/h9,11-12,15-16,24,26-27,29-30,32-35,45H,7-8,10,13-14,17-23,25H2,1-6H3,(H,40,42)(H,41,47)(H,43,48)(H,44,46);1H3,(H,2,3,4)/t30-,32-,33+,34+,35+;/m1./s1. The zero-order chi connectivity index (χ0) is 42.1. The van der Waals surface area contributed by atoms with E-state index in [9.17, 15) is 36.3 Å². The largest absolute Gasteiger partial charge is 0.391 e. The van der Waals surface area contributed by atoms with Crippen LogP contribution in [0.2, 0.25) is 0 Å². The Morgan fingerprint density at radius 2 is 1.57 bits per heavy atom. The van der Waals surface area contributed by atoms with Crippen LogP contribution in [0.15, 0.2) is 42.9 Å². The average molecular weight is 826 g/mol. The number of carbonyl (C=O) groups is 3. The van der Waals surface area contributed by atoms with Crippen LogP contribution in [-0.4, -0.2) is 95.7 Å². The fourth-order valence-electron chi connectivity index (χ4n) is 6.76. The van der Waals surface area contributed by atoms with Gasteiger partial charge in [-0.3, -0.25) is 18.9 Å². The van der Waals surface area contributed by atoms with Crippen molar-refractivity contribution in [3.05, 3.63) is 54.1 Å². The van der Waals surface area contributed by atoms with Crippen molar-refractivity contribution in [2.75, 3.05) is 18.6 Å². The Morgan fingerprint density at radius 3 is 2.11 bits per heavy atom. The van der Waals surface area contributed by atoms with Crippen LogP contribution in [0.1, 0.15) is 111 Å². The molecule has 14 nitrogen and oxygen atoms in total. The third kappa shape index (κ3) is 18.3. The first-order valence-electron chi connectivity index (χ1n) is 19.8. The lowest BCUT2D eigenvalue weighted by atomic mass is 9.81. The number of amides is 3.